The van der Waals surface area contributed by atoms with E-state index in [2.05, 4.69) is 19.1 Å². The monoisotopic (exact) mass is 320 g/mol. The summed E-state index contributed by atoms with van der Waals surface area (Å²) in [7, 11) is 0. The number of hydrogen-bond acceptors (Lipinski definition) is 3. The Morgan fingerprint density at radius 2 is 2.00 bits per heavy atom. The first-order valence-corrected chi connectivity index (χ1v) is 8.59. The van der Waals surface area contributed by atoms with Gasteiger partial charge in [0.25, 0.3) is 0 Å². The number of phenols is 1. The second-order valence-corrected chi connectivity index (χ2v) is 6.48. The minimum absolute atomic E-state index is 0.211. The van der Waals surface area contributed by atoms with E-state index in [0.29, 0.717) is 12.0 Å². The Bertz CT molecular complexity index is 982. The van der Waals surface area contributed by atoms with Gasteiger partial charge in [-0.05, 0) is 48.4 Å². The van der Waals surface area contributed by atoms with E-state index in [1.54, 1.807) is 6.07 Å². The number of hydrogen-bond donors (Lipinski definition) is 1. The summed E-state index contributed by atoms with van der Waals surface area (Å²) >= 11 is 0. The molecule has 1 aliphatic carbocycles. The van der Waals surface area contributed by atoms with E-state index in [1.807, 2.05) is 18.2 Å². The van der Waals surface area contributed by atoms with Crippen LogP contribution < -0.4 is 5.63 Å². The zero-order valence-corrected chi connectivity index (χ0v) is 13.8. The molecule has 3 aromatic rings. The summed E-state index contributed by atoms with van der Waals surface area (Å²) in [5.41, 5.74) is 5.22. The van der Waals surface area contributed by atoms with Crippen molar-refractivity contribution >= 4 is 11.0 Å². The number of aromatic hydroxyl groups is 1. The van der Waals surface area contributed by atoms with Gasteiger partial charge in [-0.2, -0.15) is 0 Å². The molecule has 3 heteroatoms. The van der Waals surface area contributed by atoms with Crippen molar-refractivity contribution in [2.24, 2.45) is 0 Å². The highest BCUT2D eigenvalue weighted by atomic mass is 16.4. The molecule has 0 unspecified atom stereocenters. The molecular formula is C21H20O3. The topological polar surface area (TPSA) is 50.4 Å². The van der Waals surface area contributed by atoms with Crippen LogP contribution in [0.5, 0.6) is 5.75 Å². The fourth-order valence-corrected chi connectivity index (χ4v) is 3.66. The predicted octanol–water partition coefficient (Wildman–Crippen LogP) is 4.61. The molecule has 3 nitrogen and oxygen atoms in total. The molecule has 2 aromatic carbocycles. The number of rotatable bonds is 3. The third-order valence-electron chi connectivity index (χ3n) is 4.93. The van der Waals surface area contributed by atoms with Crippen molar-refractivity contribution in [1.82, 2.24) is 0 Å². The molecule has 1 aromatic heterocycles. The number of phenolic OH excluding ortho intramolecular Hbond substituents is 1. The maximum absolute atomic E-state index is 12.4. The van der Waals surface area contributed by atoms with Gasteiger partial charge in [-0.15, -0.1) is 0 Å². The standard InChI is InChI=1S/C21H20O3/c1-2-3-6-14-11-17-19(12-18(14)22)24-21(23)16-10-9-13-7-4-5-8-15(13)20(16)17/h4-5,7-8,11-12,22H,2-3,6,9-10H2,1H3. The molecule has 1 heterocycles. The Kier molecular flexibility index (Phi) is 3.64. The maximum atomic E-state index is 12.4. The molecule has 0 radical (unpaired) electrons. The Morgan fingerprint density at radius 1 is 1.17 bits per heavy atom. The summed E-state index contributed by atoms with van der Waals surface area (Å²) in [5.74, 6) is 0.211. The van der Waals surface area contributed by atoms with Crippen molar-refractivity contribution in [3.05, 3.63) is 63.5 Å². The fraction of sp³-hybridized carbons (Fsp3) is 0.286. The lowest BCUT2D eigenvalue weighted by atomic mass is 9.84. The third-order valence-corrected chi connectivity index (χ3v) is 4.93. The first kappa shape index (κ1) is 15.0. The zero-order valence-electron chi connectivity index (χ0n) is 13.8. The minimum atomic E-state index is -0.285. The van der Waals surface area contributed by atoms with Gasteiger partial charge in [0, 0.05) is 22.6 Å². The molecule has 0 aliphatic heterocycles. The van der Waals surface area contributed by atoms with Crippen LogP contribution in [0.2, 0.25) is 0 Å². The first-order chi connectivity index (χ1) is 11.7. The fourth-order valence-electron chi connectivity index (χ4n) is 3.66. The van der Waals surface area contributed by atoms with E-state index in [-0.39, 0.29) is 11.4 Å². The highest BCUT2D eigenvalue weighted by Gasteiger charge is 2.23. The molecule has 0 saturated carbocycles. The predicted molar refractivity (Wildman–Crippen MR) is 95.6 cm³/mol. The Hall–Kier alpha value is -2.55. The number of aryl methyl sites for hydroxylation is 2. The van der Waals surface area contributed by atoms with Gasteiger partial charge in [-0.3, -0.25) is 0 Å². The minimum Gasteiger partial charge on any atom is -0.508 e. The molecule has 24 heavy (non-hydrogen) atoms. The van der Waals surface area contributed by atoms with Gasteiger partial charge in [-0.25, -0.2) is 4.79 Å². The van der Waals surface area contributed by atoms with E-state index in [1.165, 1.54) is 5.56 Å². The molecule has 0 atom stereocenters. The molecular weight excluding hydrogens is 300 g/mol. The van der Waals surface area contributed by atoms with Crippen LogP contribution in [0, 0.1) is 0 Å². The van der Waals surface area contributed by atoms with Gasteiger partial charge in [0.15, 0.2) is 0 Å². The Balaban J connectivity index is 2.04. The summed E-state index contributed by atoms with van der Waals surface area (Å²) in [4.78, 5) is 12.4. The zero-order chi connectivity index (χ0) is 16.7. The van der Waals surface area contributed by atoms with Crippen LogP contribution in [0.25, 0.3) is 22.1 Å². The van der Waals surface area contributed by atoms with Gasteiger partial charge >= 0.3 is 5.63 Å². The third kappa shape index (κ3) is 2.32. The number of benzene rings is 2. The summed E-state index contributed by atoms with van der Waals surface area (Å²) in [6.07, 6.45) is 4.49. The maximum Gasteiger partial charge on any atom is 0.340 e. The lowest BCUT2D eigenvalue weighted by Gasteiger charge is -2.20. The van der Waals surface area contributed by atoms with Gasteiger partial charge in [0.05, 0.1) is 0 Å². The van der Waals surface area contributed by atoms with E-state index in [4.69, 9.17) is 4.42 Å². The van der Waals surface area contributed by atoms with Crippen molar-refractivity contribution in [3.63, 3.8) is 0 Å². The smallest absolute Gasteiger partial charge is 0.340 e. The van der Waals surface area contributed by atoms with E-state index in [9.17, 15) is 9.90 Å². The summed E-state index contributed by atoms with van der Waals surface area (Å²) in [5, 5.41) is 11.2. The van der Waals surface area contributed by atoms with Crippen molar-refractivity contribution < 1.29 is 9.52 Å². The van der Waals surface area contributed by atoms with Gasteiger partial charge in [-0.1, -0.05) is 37.6 Å². The average molecular weight is 320 g/mol. The molecule has 0 amide bonds. The lowest BCUT2D eigenvalue weighted by molar-refractivity contribution is 0.464. The first-order valence-electron chi connectivity index (χ1n) is 8.59. The number of fused-ring (bicyclic) bond motifs is 5. The van der Waals surface area contributed by atoms with Crippen LogP contribution >= 0.6 is 0 Å². The average Bonchev–Trinajstić information content (AvgIpc) is 2.60. The quantitative estimate of drug-likeness (QED) is 0.717. The van der Waals surface area contributed by atoms with Crippen LogP contribution in [0.3, 0.4) is 0 Å². The van der Waals surface area contributed by atoms with E-state index in [0.717, 1.165) is 53.3 Å². The summed E-state index contributed by atoms with van der Waals surface area (Å²) < 4.78 is 5.50. The van der Waals surface area contributed by atoms with Crippen molar-refractivity contribution in [1.29, 1.82) is 0 Å². The molecule has 122 valence electrons. The van der Waals surface area contributed by atoms with Crippen LogP contribution in [0.4, 0.5) is 0 Å². The van der Waals surface area contributed by atoms with Crippen LogP contribution in [0.1, 0.15) is 36.5 Å². The van der Waals surface area contributed by atoms with Gasteiger partial charge < -0.3 is 9.52 Å². The molecule has 0 saturated heterocycles. The van der Waals surface area contributed by atoms with Crippen molar-refractivity contribution in [2.75, 3.05) is 0 Å². The highest BCUT2D eigenvalue weighted by molar-refractivity contribution is 5.97. The molecule has 0 bridgehead atoms. The Morgan fingerprint density at radius 3 is 2.83 bits per heavy atom. The largest absolute Gasteiger partial charge is 0.508 e. The van der Waals surface area contributed by atoms with Crippen molar-refractivity contribution in [3.8, 4) is 16.9 Å². The number of unbranched alkanes of at least 4 members (excludes halogenated alkanes) is 1. The van der Waals surface area contributed by atoms with Crippen LogP contribution in [-0.4, -0.2) is 5.11 Å². The molecule has 0 spiro atoms. The second kappa shape index (κ2) is 5.82. The summed E-state index contributed by atoms with van der Waals surface area (Å²) in [6, 6.07) is 11.8. The van der Waals surface area contributed by atoms with E-state index >= 15 is 0 Å². The molecule has 0 fully saturated rings. The normalized spacial score (nSPS) is 12.9. The van der Waals surface area contributed by atoms with Gasteiger partial charge in [0.2, 0.25) is 0 Å². The van der Waals surface area contributed by atoms with Crippen molar-refractivity contribution in [2.45, 2.75) is 39.0 Å². The van der Waals surface area contributed by atoms with Crippen LogP contribution in [0.15, 0.2) is 45.6 Å². The SMILES string of the molecule is CCCCc1cc2c3c(c(=O)oc2cc1O)CCc1ccccc1-3. The second-order valence-electron chi connectivity index (χ2n) is 6.48. The van der Waals surface area contributed by atoms with Gasteiger partial charge in [0.1, 0.15) is 11.3 Å². The van der Waals surface area contributed by atoms with Crippen LogP contribution in [-0.2, 0) is 19.3 Å². The molecule has 1 aliphatic rings. The Labute approximate surface area is 140 Å². The summed E-state index contributed by atoms with van der Waals surface area (Å²) in [6.45, 7) is 2.13. The molecule has 1 N–H and O–H groups in total. The van der Waals surface area contributed by atoms with E-state index < -0.39 is 0 Å². The lowest BCUT2D eigenvalue weighted by Crippen LogP contribution is -2.15. The highest BCUT2D eigenvalue weighted by Crippen LogP contribution is 2.39. The molecule has 4 rings (SSSR count).